The second-order valence-electron chi connectivity index (χ2n) is 4.50. The van der Waals surface area contributed by atoms with Crippen LogP contribution < -0.4 is 10.6 Å². The molecule has 1 amide bonds. The van der Waals surface area contributed by atoms with Crippen LogP contribution in [0.2, 0.25) is 0 Å². The molecule has 1 heterocycles. The highest BCUT2D eigenvalue weighted by atomic mass is 16.3. The van der Waals surface area contributed by atoms with Crippen LogP contribution in [0.3, 0.4) is 0 Å². The smallest absolute Gasteiger partial charge is 0.251 e. The first-order valence-corrected chi connectivity index (χ1v) is 6.38. The van der Waals surface area contributed by atoms with Gasteiger partial charge >= 0.3 is 0 Å². The average molecular weight is 271 g/mol. The first kappa shape index (κ1) is 14.0. The van der Waals surface area contributed by atoms with Gasteiger partial charge in [0, 0.05) is 35.4 Å². The lowest BCUT2D eigenvalue weighted by Gasteiger charge is -2.11. The van der Waals surface area contributed by atoms with Gasteiger partial charge in [0.05, 0.1) is 6.61 Å². The highest BCUT2D eigenvalue weighted by Gasteiger charge is 2.08. The molecule has 104 valence electrons. The third-order valence-corrected chi connectivity index (χ3v) is 2.77. The highest BCUT2D eigenvalue weighted by molar-refractivity contribution is 5.94. The van der Waals surface area contributed by atoms with E-state index in [0.29, 0.717) is 5.56 Å². The van der Waals surface area contributed by atoms with Gasteiger partial charge in [-0.25, -0.2) is 0 Å². The van der Waals surface area contributed by atoms with Crippen LogP contribution in [0.15, 0.2) is 48.8 Å². The molecule has 20 heavy (non-hydrogen) atoms. The van der Waals surface area contributed by atoms with Crippen molar-refractivity contribution >= 4 is 17.3 Å². The van der Waals surface area contributed by atoms with E-state index in [1.807, 2.05) is 24.3 Å². The number of pyridine rings is 1. The fourth-order valence-electron chi connectivity index (χ4n) is 1.66. The van der Waals surface area contributed by atoms with Crippen LogP contribution in [0.5, 0.6) is 0 Å². The highest BCUT2D eigenvalue weighted by Crippen LogP contribution is 2.16. The molecule has 5 nitrogen and oxygen atoms in total. The number of hydrogen-bond donors (Lipinski definition) is 3. The normalized spacial score (nSPS) is 11.7. The first-order valence-electron chi connectivity index (χ1n) is 6.38. The van der Waals surface area contributed by atoms with Gasteiger partial charge in [-0.05, 0) is 43.3 Å². The monoisotopic (exact) mass is 271 g/mol. The molecule has 5 heteroatoms. The Balaban J connectivity index is 2.01. The van der Waals surface area contributed by atoms with Gasteiger partial charge in [0.2, 0.25) is 0 Å². The van der Waals surface area contributed by atoms with Crippen molar-refractivity contribution in [2.24, 2.45) is 0 Å². The van der Waals surface area contributed by atoms with Gasteiger partial charge in [0.15, 0.2) is 0 Å². The van der Waals surface area contributed by atoms with Crippen molar-refractivity contribution in [3.63, 3.8) is 0 Å². The minimum Gasteiger partial charge on any atom is -0.394 e. The Kier molecular flexibility index (Phi) is 4.68. The Morgan fingerprint density at radius 2 is 1.75 bits per heavy atom. The van der Waals surface area contributed by atoms with E-state index in [0.717, 1.165) is 11.4 Å². The van der Waals surface area contributed by atoms with E-state index >= 15 is 0 Å². The topological polar surface area (TPSA) is 74.2 Å². The molecule has 2 aromatic rings. The Morgan fingerprint density at radius 3 is 2.35 bits per heavy atom. The zero-order valence-corrected chi connectivity index (χ0v) is 11.2. The summed E-state index contributed by atoms with van der Waals surface area (Å²) in [6.07, 6.45) is 3.42. The second-order valence-corrected chi connectivity index (χ2v) is 4.50. The lowest BCUT2D eigenvalue weighted by atomic mass is 10.2. The number of rotatable bonds is 5. The molecule has 0 saturated heterocycles. The Hall–Kier alpha value is -2.40. The molecule has 0 aliphatic rings. The first-order chi connectivity index (χ1) is 9.69. The summed E-state index contributed by atoms with van der Waals surface area (Å²) in [4.78, 5) is 15.8. The number of aromatic nitrogens is 1. The standard InChI is InChI=1S/C15H17N3O2/c1-11(10-19)17-15(20)12-2-4-13(5-3-12)18-14-6-8-16-9-7-14/h2-9,11,19H,10H2,1H3,(H,16,18)(H,17,20). The zero-order chi connectivity index (χ0) is 14.4. The van der Waals surface area contributed by atoms with E-state index in [1.54, 1.807) is 31.5 Å². The van der Waals surface area contributed by atoms with Crippen LogP contribution in [-0.2, 0) is 0 Å². The van der Waals surface area contributed by atoms with Crippen molar-refractivity contribution in [1.82, 2.24) is 10.3 Å². The summed E-state index contributed by atoms with van der Waals surface area (Å²) in [6, 6.07) is 10.6. The van der Waals surface area contributed by atoms with Gasteiger partial charge in [-0.1, -0.05) is 0 Å². The maximum atomic E-state index is 11.8. The van der Waals surface area contributed by atoms with Gasteiger partial charge in [-0.15, -0.1) is 0 Å². The summed E-state index contributed by atoms with van der Waals surface area (Å²) in [5.41, 5.74) is 2.39. The molecule has 0 bridgehead atoms. The van der Waals surface area contributed by atoms with E-state index < -0.39 is 0 Å². The predicted molar refractivity (Wildman–Crippen MR) is 78.0 cm³/mol. The molecule has 0 fully saturated rings. The second kappa shape index (κ2) is 6.68. The summed E-state index contributed by atoms with van der Waals surface area (Å²) in [7, 11) is 0. The molecule has 1 aromatic carbocycles. The number of nitrogens with zero attached hydrogens (tertiary/aromatic N) is 1. The number of carbonyl (C=O) groups excluding carboxylic acids is 1. The molecule has 0 spiro atoms. The number of carbonyl (C=O) groups is 1. The molecule has 1 unspecified atom stereocenters. The zero-order valence-electron chi connectivity index (χ0n) is 11.2. The van der Waals surface area contributed by atoms with E-state index in [4.69, 9.17) is 5.11 Å². The number of benzene rings is 1. The van der Waals surface area contributed by atoms with Crippen LogP contribution in [0.4, 0.5) is 11.4 Å². The summed E-state index contributed by atoms with van der Waals surface area (Å²) in [5, 5.41) is 14.8. The third kappa shape index (κ3) is 3.80. The lowest BCUT2D eigenvalue weighted by Crippen LogP contribution is -2.34. The Bertz CT molecular complexity index is 555. The van der Waals surface area contributed by atoms with E-state index in [9.17, 15) is 4.79 Å². The summed E-state index contributed by atoms with van der Waals surface area (Å²) >= 11 is 0. The number of aliphatic hydroxyl groups excluding tert-OH is 1. The maximum Gasteiger partial charge on any atom is 0.251 e. The predicted octanol–water partition coefficient (Wildman–Crippen LogP) is 1.94. The molecule has 2 rings (SSSR count). The van der Waals surface area contributed by atoms with E-state index in [-0.39, 0.29) is 18.6 Å². The van der Waals surface area contributed by atoms with Crippen molar-refractivity contribution in [3.05, 3.63) is 54.4 Å². The fraction of sp³-hybridized carbons (Fsp3) is 0.200. The quantitative estimate of drug-likeness (QED) is 0.777. The van der Waals surface area contributed by atoms with Gasteiger partial charge < -0.3 is 15.7 Å². The molecule has 0 saturated carbocycles. The summed E-state index contributed by atoms with van der Waals surface area (Å²) < 4.78 is 0. The fourth-order valence-corrected chi connectivity index (χ4v) is 1.66. The average Bonchev–Trinajstić information content (AvgIpc) is 2.49. The number of hydrogen-bond acceptors (Lipinski definition) is 4. The summed E-state index contributed by atoms with van der Waals surface area (Å²) in [5.74, 6) is -0.193. The minimum atomic E-state index is -0.253. The minimum absolute atomic E-state index is 0.0760. The number of amides is 1. The third-order valence-electron chi connectivity index (χ3n) is 2.77. The number of aliphatic hydroxyl groups is 1. The van der Waals surface area contributed by atoms with Gasteiger partial charge in [0.25, 0.3) is 5.91 Å². The van der Waals surface area contributed by atoms with Crippen molar-refractivity contribution in [2.45, 2.75) is 13.0 Å². The van der Waals surface area contributed by atoms with Crippen molar-refractivity contribution in [3.8, 4) is 0 Å². The molecular formula is C15H17N3O2. The molecular weight excluding hydrogens is 254 g/mol. The molecule has 0 aliphatic carbocycles. The van der Waals surface area contributed by atoms with Gasteiger partial charge in [0.1, 0.15) is 0 Å². The summed E-state index contributed by atoms with van der Waals surface area (Å²) in [6.45, 7) is 1.67. The van der Waals surface area contributed by atoms with Crippen LogP contribution >= 0.6 is 0 Å². The Labute approximate surface area is 117 Å². The number of anilines is 2. The van der Waals surface area contributed by atoms with E-state index in [1.165, 1.54) is 0 Å². The Morgan fingerprint density at radius 1 is 1.15 bits per heavy atom. The van der Waals surface area contributed by atoms with Crippen molar-refractivity contribution in [2.75, 3.05) is 11.9 Å². The van der Waals surface area contributed by atoms with Crippen LogP contribution in [-0.4, -0.2) is 28.6 Å². The molecule has 0 radical (unpaired) electrons. The lowest BCUT2D eigenvalue weighted by molar-refractivity contribution is 0.0922. The maximum absolute atomic E-state index is 11.8. The van der Waals surface area contributed by atoms with Crippen molar-refractivity contribution < 1.29 is 9.90 Å². The van der Waals surface area contributed by atoms with E-state index in [2.05, 4.69) is 15.6 Å². The van der Waals surface area contributed by atoms with Gasteiger partial charge in [-0.3, -0.25) is 9.78 Å². The van der Waals surface area contributed by atoms with Crippen LogP contribution in [0.25, 0.3) is 0 Å². The molecule has 3 N–H and O–H groups in total. The van der Waals surface area contributed by atoms with Crippen LogP contribution in [0.1, 0.15) is 17.3 Å². The molecule has 0 aliphatic heterocycles. The SMILES string of the molecule is CC(CO)NC(=O)c1ccc(Nc2ccncc2)cc1. The van der Waals surface area contributed by atoms with Crippen LogP contribution in [0, 0.1) is 0 Å². The molecule has 1 aromatic heterocycles. The number of nitrogens with one attached hydrogen (secondary N) is 2. The van der Waals surface area contributed by atoms with Gasteiger partial charge in [-0.2, -0.15) is 0 Å². The van der Waals surface area contributed by atoms with Crippen molar-refractivity contribution in [1.29, 1.82) is 0 Å². The largest absolute Gasteiger partial charge is 0.394 e. The molecule has 1 atom stereocenters.